The van der Waals surface area contributed by atoms with Crippen LogP contribution in [0.15, 0.2) is 28.7 Å². The van der Waals surface area contributed by atoms with E-state index in [-0.39, 0.29) is 0 Å². The highest BCUT2D eigenvalue weighted by Gasteiger charge is 2.45. The first kappa shape index (κ1) is 12.5. The third-order valence-corrected chi connectivity index (χ3v) is 5.76. The lowest BCUT2D eigenvalue weighted by Gasteiger charge is -2.52. The van der Waals surface area contributed by atoms with Crippen LogP contribution in [0.3, 0.4) is 0 Å². The fourth-order valence-corrected chi connectivity index (χ4v) is 4.00. The molecule has 2 heteroatoms. The average Bonchev–Trinajstić information content (AvgIpc) is 2.39. The molecule has 0 aromatic heterocycles. The molecule has 4 rings (SSSR count). The molecule has 18 heavy (non-hydrogen) atoms. The Kier molecular flexibility index (Phi) is 3.17. The Morgan fingerprint density at radius 3 is 2.39 bits per heavy atom. The van der Waals surface area contributed by atoms with E-state index < -0.39 is 0 Å². The quantitative estimate of drug-likeness (QED) is 0.807. The summed E-state index contributed by atoms with van der Waals surface area (Å²) in [6.07, 6.45) is 8.58. The predicted octanol–water partition coefficient (Wildman–Crippen LogP) is 5.22. The van der Waals surface area contributed by atoms with E-state index in [1.807, 2.05) is 0 Å². The summed E-state index contributed by atoms with van der Waals surface area (Å²) in [4.78, 5) is 0. The van der Waals surface area contributed by atoms with Crippen LogP contribution < -0.4 is 5.32 Å². The van der Waals surface area contributed by atoms with Gasteiger partial charge in [-0.2, -0.15) is 0 Å². The van der Waals surface area contributed by atoms with Gasteiger partial charge in [0, 0.05) is 16.7 Å². The molecule has 0 amide bonds. The van der Waals surface area contributed by atoms with Crippen molar-refractivity contribution in [2.45, 2.75) is 45.4 Å². The van der Waals surface area contributed by atoms with Gasteiger partial charge in [-0.1, -0.05) is 28.9 Å². The fourth-order valence-electron chi connectivity index (χ4n) is 3.60. The largest absolute Gasteiger partial charge is 0.384 e. The lowest BCUT2D eigenvalue weighted by molar-refractivity contribution is 0.0124. The molecular weight excluding hydrogens is 286 g/mol. The summed E-state index contributed by atoms with van der Waals surface area (Å²) in [5, 5.41) is 3.65. The molecule has 1 nitrogen and oxygen atoms in total. The molecule has 3 fully saturated rings. The summed E-state index contributed by atoms with van der Waals surface area (Å²) in [6, 6.07) is 8.52. The third-order valence-electron chi connectivity index (χ3n) is 5.27. The maximum Gasteiger partial charge on any atom is 0.0351 e. The number of anilines is 1. The number of hydrogen-bond acceptors (Lipinski definition) is 1. The van der Waals surface area contributed by atoms with Crippen molar-refractivity contribution in [3.63, 3.8) is 0 Å². The van der Waals surface area contributed by atoms with Crippen molar-refractivity contribution in [2.24, 2.45) is 10.8 Å². The zero-order valence-corrected chi connectivity index (χ0v) is 12.7. The summed E-state index contributed by atoms with van der Waals surface area (Å²) in [5.74, 6) is 0. The van der Waals surface area contributed by atoms with Crippen molar-refractivity contribution >= 4 is 21.6 Å². The molecular formula is C16H22BrN. The smallest absolute Gasteiger partial charge is 0.0351 e. The van der Waals surface area contributed by atoms with Gasteiger partial charge in [-0.15, -0.1) is 0 Å². The highest BCUT2D eigenvalue weighted by Crippen LogP contribution is 2.56. The van der Waals surface area contributed by atoms with Crippen LogP contribution in [-0.4, -0.2) is 6.54 Å². The lowest BCUT2D eigenvalue weighted by atomic mass is 9.54. The first-order chi connectivity index (χ1) is 8.59. The van der Waals surface area contributed by atoms with Crippen molar-refractivity contribution < 1.29 is 0 Å². The van der Waals surface area contributed by atoms with E-state index in [4.69, 9.17) is 0 Å². The Balaban J connectivity index is 1.64. The monoisotopic (exact) mass is 307 g/mol. The van der Waals surface area contributed by atoms with Crippen LogP contribution in [0.25, 0.3) is 0 Å². The van der Waals surface area contributed by atoms with Crippen molar-refractivity contribution in [3.05, 3.63) is 28.7 Å². The summed E-state index contributed by atoms with van der Waals surface area (Å²) in [7, 11) is 0. The second-order valence-corrected chi connectivity index (χ2v) is 7.59. The van der Waals surface area contributed by atoms with Crippen LogP contribution in [0.1, 0.15) is 45.4 Å². The first-order valence-corrected chi connectivity index (χ1v) is 7.88. The van der Waals surface area contributed by atoms with E-state index in [1.54, 1.807) is 0 Å². The van der Waals surface area contributed by atoms with Gasteiger partial charge in [-0.25, -0.2) is 0 Å². The van der Waals surface area contributed by atoms with Crippen LogP contribution >= 0.6 is 15.9 Å². The molecule has 0 aliphatic heterocycles. The minimum Gasteiger partial charge on any atom is -0.384 e. The van der Waals surface area contributed by atoms with E-state index >= 15 is 0 Å². The van der Waals surface area contributed by atoms with Gasteiger partial charge in [0.05, 0.1) is 0 Å². The van der Waals surface area contributed by atoms with Gasteiger partial charge in [0.25, 0.3) is 0 Å². The number of fused-ring (bicyclic) bond motifs is 3. The van der Waals surface area contributed by atoms with Gasteiger partial charge in [-0.05, 0) is 67.6 Å². The molecule has 2 bridgehead atoms. The van der Waals surface area contributed by atoms with Crippen LogP contribution in [-0.2, 0) is 0 Å². The molecule has 0 atom stereocenters. The summed E-state index contributed by atoms with van der Waals surface area (Å²) < 4.78 is 1.16. The Morgan fingerprint density at radius 2 is 1.78 bits per heavy atom. The number of rotatable bonds is 3. The predicted molar refractivity (Wildman–Crippen MR) is 80.9 cm³/mol. The third kappa shape index (κ3) is 2.45. The standard InChI is InChI=1S/C16H22BrN/c1-15-5-8-16(9-6-15,10-7-15)12-18-14-4-2-3-13(17)11-14/h2-4,11,18H,5-10,12H2,1H3. The molecule has 1 aromatic rings. The van der Waals surface area contributed by atoms with E-state index in [2.05, 4.69) is 52.4 Å². The molecule has 98 valence electrons. The molecule has 1 N–H and O–H groups in total. The molecule has 0 spiro atoms. The van der Waals surface area contributed by atoms with Gasteiger partial charge >= 0.3 is 0 Å². The minimum absolute atomic E-state index is 0.583. The number of benzene rings is 1. The minimum atomic E-state index is 0.583. The van der Waals surface area contributed by atoms with Gasteiger partial charge in [-0.3, -0.25) is 0 Å². The Hall–Kier alpha value is -0.500. The lowest BCUT2D eigenvalue weighted by Crippen LogP contribution is -2.43. The summed E-state index contributed by atoms with van der Waals surface area (Å²) >= 11 is 3.53. The number of hydrogen-bond donors (Lipinski definition) is 1. The molecule has 3 aliphatic rings. The SMILES string of the molecule is CC12CCC(CNc3cccc(Br)c3)(CC1)CC2. The fraction of sp³-hybridized carbons (Fsp3) is 0.625. The van der Waals surface area contributed by atoms with Crippen LogP contribution in [0.4, 0.5) is 5.69 Å². The van der Waals surface area contributed by atoms with Crippen molar-refractivity contribution in [2.75, 3.05) is 11.9 Å². The first-order valence-electron chi connectivity index (χ1n) is 7.09. The molecule has 0 unspecified atom stereocenters. The van der Waals surface area contributed by atoms with Crippen LogP contribution in [0, 0.1) is 10.8 Å². The van der Waals surface area contributed by atoms with Crippen molar-refractivity contribution in [3.8, 4) is 0 Å². The number of halogens is 1. The second kappa shape index (κ2) is 4.56. The maximum absolute atomic E-state index is 3.65. The van der Waals surface area contributed by atoms with Gasteiger partial charge in [0.2, 0.25) is 0 Å². The van der Waals surface area contributed by atoms with Crippen molar-refractivity contribution in [1.82, 2.24) is 0 Å². The van der Waals surface area contributed by atoms with Gasteiger partial charge < -0.3 is 5.32 Å². The van der Waals surface area contributed by atoms with E-state index in [9.17, 15) is 0 Å². The van der Waals surface area contributed by atoms with Crippen molar-refractivity contribution in [1.29, 1.82) is 0 Å². The Morgan fingerprint density at radius 1 is 1.11 bits per heavy atom. The normalized spacial score (nSPS) is 34.6. The molecule has 3 aliphatic carbocycles. The molecule has 0 radical (unpaired) electrons. The Bertz CT molecular complexity index is 416. The van der Waals surface area contributed by atoms with Gasteiger partial charge in [0.1, 0.15) is 0 Å². The van der Waals surface area contributed by atoms with E-state index in [1.165, 1.54) is 44.2 Å². The average molecular weight is 308 g/mol. The van der Waals surface area contributed by atoms with Crippen LogP contribution in [0.5, 0.6) is 0 Å². The van der Waals surface area contributed by atoms with E-state index in [0.29, 0.717) is 10.8 Å². The second-order valence-electron chi connectivity index (χ2n) is 6.67. The van der Waals surface area contributed by atoms with Gasteiger partial charge in [0.15, 0.2) is 0 Å². The highest BCUT2D eigenvalue weighted by atomic mass is 79.9. The summed E-state index contributed by atoms with van der Waals surface area (Å²) in [5.41, 5.74) is 2.51. The van der Waals surface area contributed by atoms with E-state index in [0.717, 1.165) is 11.0 Å². The Labute approximate surface area is 118 Å². The zero-order valence-electron chi connectivity index (χ0n) is 11.1. The highest BCUT2D eigenvalue weighted by molar-refractivity contribution is 9.10. The maximum atomic E-state index is 3.65. The summed E-state index contributed by atoms with van der Waals surface area (Å²) in [6.45, 7) is 3.64. The molecule has 0 saturated heterocycles. The topological polar surface area (TPSA) is 12.0 Å². The molecule has 0 heterocycles. The zero-order chi connectivity index (χ0) is 12.6. The van der Waals surface area contributed by atoms with Crippen LogP contribution in [0.2, 0.25) is 0 Å². The molecule has 3 saturated carbocycles. The number of nitrogens with one attached hydrogen (secondary N) is 1. The molecule has 1 aromatic carbocycles.